The van der Waals surface area contributed by atoms with Crippen molar-refractivity contribution in [2.24, 2.45) is 5.92 Å². The molecule has 2 nitrogen and oxygen atoms in total. The van der Waals surface area contributed by atoms with Gasteiger partial charge in [-0.2, -0.15) is 11.8 Å². The van der Waals surface area contributed by atoms with Crippen LogP contribution in [0.4, 0.5) is 0 Å². The van der Waals surface area contributed by atoms with Crippen molar-refractivity contribution in [3.8, 4) is 0 Å². The molecule has 3 rings (SSSR count). The molecule has 16 heavy (non-hydrogen) atoms. The van der Waals surface area contributed by atoms with E-state index in [4.69, 9.17) is 4.74 Å². The summed E-state index contributed by atoms with van der Waals surface area (Å²) in [5.41, 5.74) is 0.165. The van der Waals surface area contributed by atoms with Crippen molar-refractivity contribution in [2.75, 3.05) is 18.9 Å². The summed E-state index contributed by atoms with van der Waals surface area (Å²) in [6.45, 7) is 4.32. The molecule has 1 spiro atoms. The standard InChI is InChI=1S/C13H23NOS/c1-10-13(5-8-16-10)12(14-6-7-15-13)9-11-3-2-4-11/h10-12,14H,2-9H2,1H3. The Kier molecular flexibility index (Phi) is 3.20. The third-order valence-corrected chi connectivity index (χ3v) is 6.13. The second-order valence-corrected chi connectivity index (χ2v) is 7.05. The van der Waals surface area contributed by atoms with Gasteiger partial charge in [-0.05, 0) is 24.5 Å². The molecule has 1 N–H and O–H groups in total. The minimum Gasteiger partial charge on any atom is -0.371 e. The van der Waals surface area contributed by atoms with E-state index < -0.39 is 0 Å². The van der Waals surface area contributed by atoms with Gasteiger partial charge in [-0.15, -0.1) is 0 Å². The molecule has 0 aromatic carbocycles. The second kappa shape index (κ2) is 4.51. The summed E-state index contributed by atoms with van der Waals surface area (Å²) in [4.78, 5) is 0. The van der Waals surface area contributed by atoms with Gasteiger partial charge >= 0.3 is 0 Å². The van der Waals surface area contributed by atoms with E-state index in [2.05, 4.69) is 24.0 Å². The van der Waals surface area contributed by atoms with E-state index in [0.717, 1.165) is 19.1 Å². The lowest BCUT2D eigenvalue weighted by Gasteiger charge is -2.46. The van der Waals surface area contributed by atoms with Crippen molar-refractivity contribution in [3.63, 3.8) is 0 Å². The highest BCUT2D eigenvalue weighted by Gasteiger charge is 2.50. The summed E-state index contributed by atoms with van der Waals surface area (Å²) in [5.74, 6) is 2.26. The highest BCUT2D eigenvalue weighted by Crippen LogP contribution is 2.45. The van der Waals surface area contributed by atoms with Crippen LogP contribution in [0.2, 0.25) is 0 Å². The summed E-state index contributed by atoms with van der Waals surface area (Å²) in [7, 11) is 0. The van der Waals surface area contributed by atoms with Crippen LogP contribution in [-0.2, 0) is 4.74 Å². The Morgan fingerprint density at radius 2 is 2.31 bits per heavy atom. The molecule has 2 aliphatic heterocycles. The highest BCUT2D eigenvalue weighted by atomic mass is 32.2. The number of rotatable bonds is 2. The highest BCUT2D eigenvalue weighted by molar-refractivity contribution is 8.00. The van der Waals surface area contributed by atoms with Crippen molar-refractivity contribution >= 4 is 11.8 Å². The minimum atomic E-state index is 0.165. The molecule has 1 saturated carbocycles. The van der Waals surface area contributed by atoms with Gasteiger partial charge in [0.25, 0.3) is 0 Å². The number of hydrogen-bond acceptors (Lipinski definition) is 3. The minimum absolute atomic E-state index is 0.165. The fourth-order valence-electron chi connectivity index (χ4n) is 3.48. The molecule has 0 bridgehead atoms. The van der Waals surface area contributed by atoms with Gasteiger partial charge in [0.2, 0.25) is 0 Å². The Morgan fingerprint density at radius 1 is 1.44 bits per heavy atom. The molecule has 3 heteroatoms. The molecule has 2 saturated heterocycles. The van der Waals surface area contributed by atoms with Crippen LogP contribution in [0.1, 0.15) is 39.0 Å². The maximum atomic E-state index is 6.24. The number of thioether (sulfide) groups is 1. The monoisotopic (exact) mass is 241 g/mol. The zero-order valence-electron chi connectivity index (χ0n) is 10.2. The first-order valence-corrected chi connectivity index (χ1v) is 7.85. The van der Waals surface area contributed by atoms with E-state index in [1.807, 2.05) is 0 Å². The number of morpholine rings is 1. The molecule has 0 amide bonds. The molecule has 3 unspecified atom stereocenters. The molecule has 92 valence electrons. The van der Waals surface area contributed by atoms with Crippen molar-refractivity contribution in [1.29, 1.82) is 0 Å². The topological polar surface area (TPSA) is 21.3 Å². The fraction of sp³-hybridized carbons (Fsp3) is 1.00. The Labute approximate surface area is 103 Å². The molecule has 3 fully saturated rings. The predicted molar refractivity (Wildman–Crippen MR) is 69.0 cm³/mol. The van der Waals surface area contributed by atoms with Gasteiger partial charge in [-0.25, -0.2) is 0 Å². The van der Waals surface area contributed by atoms with E-state index in [1.165, 1.54) is 37.9 Å². The van der Waals surface area contributed by atoms with Gasteiger partial charge in [0, 0.05) is 17.8 Å². The molecule has 3 atom stereocenters. The summed E-state index contributed by atoms with van der Waals surface area (Å²) < 4.78 is 6.24. The van der Waals surface area contributed by atoms with Crippen LogP contribution in [0.3, 0.4) is 0 Å². The third kappa shape index (κ3) is 1.81. The van der Waals surface area contributed by atoms with E-state index in [1.54, 1.807) is 0 Å². The van der Waals surface area contributed by atoms with Crippen molar-refractivity contribution in [1.82, 2.24) is 5.32 Å². The van der Waals surface area contributed by atoms with Crippen molar-refractivity contribution in [3.05, 3.63) is 0 Å². The van der Waals surface area contributed by atoms with E-state index in [9.17, 15) is 0 Å². The van der Waals surface area contributed by atoms with Gasteiger partial charge in [0.05, 0.1) is 12.2 Å². The smallest absolute Gasteiger partial charge is 0.0958 e. The largest absolute Gasteiger partial charge is 0.371 e. The van der Waals surface area contributed by atoms with Crippen LogP contribution in [0.15, 0.2) is 0 Å². The predicted octanol–water partition coefficient (Wildman–Crippen LogP) is 2.43. The van der Waals surface area contributed by atoms with Crippen LogP contribution in [-0.4, -0.2) is 35.8 Å². The summed E-state index contributed by atoms with van der Waals surface area (Å²) >= 11 is 2.09. The first-order valence-electron chi connectivity index (χ1n) is 6.80. The van der Waals surface area contributed by atoms with Gasteiger partial charge in [0.1, 0.15) is 0 Å². The normalized spacial score (nSPS) is 44.8. The molecular formula is C13H23NOS. The van der Waals surface area contributed by atoms with Crippen molar-refractivity contribution < 1.29 is 4.74 Å². The Bertz CT molecular complexity index is 256. The Balaban J connectivity index is 1.71. The summed E-state index contributed by atoms with van der Waals surface area (Å²) in [5, 5.41) is 4.41. The second-order valence-electron chi connectivity index (χ2n) is 5.61. The molecule has 3 aliphatic rings. The zero-order valence-corrected chi connectivity index (χ0v) is 11.0. The van der Waals surface area contributed by atoms with Crippen LogP contribution in [0.5, 0.6) is 0 Å². The lowest BCUT2D eigenvalue weighted by Crippen LogP contribution is -2.61. The van der Waals surface area contributed by atoms with Crippen LogP contribution >= 0.6 is 11.8 Å². The van der Waals surface area contributed by atoms with E-state index in [-0.39, 0.29) is 5.60 Å². The lowest BCUT2D eigenvalue weighted by atomic mass is 9.75. The molecule has 0 aromatic heterocycles. The fourth-order valence-corrected chi connectivity index (χ4v) is 4.90. The molecule has 0 radical (unpaired) electrons. The van der Waals surface area contributed by atoms with Crippen LogP contribution in [0.25, 0.3) is 0 Å². The first kappa shape index (κ1) is 11.4. The van der Waals surface area contributed by atoms with Gasteiger partial charge in [0.15, 0.2) is 0 Å². The van der Waals surface area contributed by atoms with Gasteiger partial charge < -0.3 is 10.1 Å². The van der Waals surface area contributed by atoms with Crippen LogP contribution < -0.4 is 5.32 Å². The van der Waals surface area contributed by atoms with E-state index in [0.29, 0.717) is 11.3 Å². The third-order valence-electron chi connectivity index (χ3n) is 4.80. The maximum Gasteiger partial charge on any atom is 0.0958 e. The zero-order chi connectivity index (χ0) is 11.0. The quantitative estimate of drug-likeness (QED) is 0.802. The average Bonchev–Trinajstić information content (AvgIpc) is 2.58. The SMILES string of the molecule is CC1SCCC12OCCNC2CC1CCC1. The van der Waals surface area contributed by atoms with Gasteiger partial charge in [-0.3, -0.25) is 0 Å². The number of nitrogens with one attached hydrogen (secondary N) is 1. The maximum absolute atomic E-state index is 6.24. The average molecular weight is 241 g/mol. The lowest BCUT2D eigenvalue weighted by molar-refractivity contribution is -0.0993. The molecule has 2 heterocycles. The molecule has 0 aromatic rings. The summed E-state index contributed by atoms with van der Waals surface area (Å²) in [6.07, 6.45) is 6.97. The number of hydrogen-bond donors (Lipinski definition) is 1. The van der Waals surface area contributed by atoms with Crippen LogP contribution in [0, 0.1) is 5.92 Å². The molecular weight excluding hydrogens is 218 g/mol. The summed E-state index contributed by atoms with van der Waals surface area (Å²) in [6, 6.07) is 0.622. The Hall–Kier alpha value is 0.270. The Morgan fingerprint density at radius 3 is 2.94 bits per heavy atom. The first-order chi connectivity index (χ1) is 7.81. The number of ether oxygens (including phenoxy) is 1. The van der Waals surface area contributed by atoms with Gasteiger partial charge in [-0.1, -0.05) is 26.2 Å². The van der Waals surface area contributed by atoms with E-state index >= 15 is 0 Å². The molecule has 1 aliphatic carbocycles. The van der Waals surface area contributed by atoms with Crippen molar-refractivity contribution in [2.45, 2.75) is 55.9 Å².